The molecule has 0 aliphatic heterocycles. The average Bonchev–Trinajstić information content (AvgIpc) is 3.07. The molecule has 0 spiro atoms. The summed E-state index contributed by atoms with van der Waals surface area (Å²) < 4.78 is 0. The lowest BCUT2D eigenvalue weighted by atomic mass is 9.56. The lowest BCUT2D eigenvalue weighted by Crippen LogP contribution is -2.56. The van der Waals surface area contributed by atoms with E-state index in [0.717, 1.165) is 49.7 Å². The van der Waals surface area contributed by atoms with E-state index in [9.17, 15) is 15.3 Å². The van der Waals surface area contributed by atoms with Crippen molar-refractivity contribution in [3.63, 3.8) is 0 Å². The van der Waals surface area contributed by atoms with Crippen LogP contribution >= 0.6 is 0 Å². The molecule has 4 unspecified atom stereocenters. The Morgan fingerprint density at radius 1 is 1.06 bits per heavy atom. The van der Waals surface area contributed by atoms with Gasteiger partial charge in [0.15, 0.2) is 0 Å². The minimum atomic E-state index is -1.09. The number of aliphatic hydroxyl groups is 3. The predicted molar refractivity (Wildman–Crippen MR) is 129 cm³/mol. The fourth-order valence-electron chi connectivity index (χ4n) is 6.82. The molecule has 3 fully saturated rings. The molecule has 0 heterocycles. The molecule has 0 aromatic heterocycles. The van der Waals surface area contributed by atoms with Crippen molar-refractivity contribution in [2.24, 2.45) is 35.0 Å². The first-order valence-corrected chi connectivity index (χ1v) is 12.6. The Hall–Kier alpha value is -0.900. The van der Waals surface area contributed by atoms with Crippen LogP contribution in [0.4, 0.5) is 0 Å². The molecular formula is C28H46O3. The van der Waals surface area contributed by atoms with Crippen LogP contribution in [0.15, 0.2) is 36.0 Å². The highest BCUT2D eigenvalue weighted by atomic mass is 16.3. The fraction of sp³-hybridized carbons (Fsp3) is 0.786. The number of aliphatic hydroxyl groups excluding tert-OH is 2. The zero-order chi connectivity index (χ0) is 23.0. The maximum absolute atomic E-state index is 11.8. The third-order valence-corrected chi connectivity index (χ3v) is 9.27. The zero-order valence-corrected chi connectivity index (χ0v) is 20.5. The topological polar surface area (TPSA) is 60.7 Å². The van der Waals surface area contributed by atoms with Gasteiger partial charge in [0.25, 0.3) is 0 Å². The third kappa shape index (κ3) is 4.89. The molecule has 3 aliphatic rings. The molecule has 0 saturated heterocycles. The van der Waals surface area contributed by atoms with E-state index in [1.54, 1.807) is 0 Å². The second-order valence-electron chi connectivity index (χ2n) is 11.6. The van der Waals surface area contributed by atoms with Gasteiger partial charge in [0, 0.05) is 0 Å². The molecule has 176 valence electrons. The van der Waals surface area contributed by atoms with E-state index in [4.69, 9.17) is 0 Å². The van der Waals surface area contributed by atoms with Crippen molar-refractivity contribution in [1.29, 1.82) is 0 Å². The van der Waals surface area contributed by atoms with Gasteiger partial charge in [0.05, 0.1) is 11.7 Å². The number of allylic oxidation sites excluding steroid dienone is 3. The van der Waals surface area contributed by atoms with Crippen molar-refractivity contribution in [2.75, 3.05) is 0 Å². The molecule has 0 amide bonds. The summed E-state index contributed by atoms with van der Waals surface area (Å²) in [6.07, 6.45) is 12.2. The second-order valence-corrected chi connectivity index (χ2v) is 11.6. The van der Waals surface area contributed by atoms with Crippen LogP contribution in [-0.4, -0.2) is 33.1 Å². The zero-order valence-electron chi connectivity index (χ0n) is 20.5. The Morgan fingerprint density at radius 2 is 1.77 bits per heavy atom. The molecule has 8 atom stereocenters. The van der Waals surface area contributed by atoms with Crippen LogP contribution in [0.2, 0.25) is 0 Å². The van der Waals surface area contributed by atoms with Crippen molar-refractivity contribution >= 4 is 0 Å². The summed E-state index contributed by atoms with van der Waals surface area (Å²) in [5.41, 5.74) is 0.876. The summed E-state index contributed by atoms with van der Waals surface area (Å²) in [6.45, 7) is 15.6. The van der Waals surface area contributed by atoms with Crippen LogP contribution in [-0.2, 0) is 0 Å². The Morgan fingerprint density at radius 3 is 2.45 bits per heavy atom. The summed E-state index contributed by atoms with van der Waals surface area (Å²) in [7, 11) is 0. The third-order valence-electron chi connectivity index (χ3n) is 9.27. The summed E-state index contributed by atoms with van der Waals surface area (Å²) in [5, 5.41) is 33.2. The largest absolute Gasteiger partial charge is 0.393 e. The van der Waals surface area contributed by atoms with Gasteiger partial charge in [0.2, 0.25) is 0 Å². The second kappa shape index (κ2) is 9.53. The van der Waals surface area contributed by atoms with E-state index in [-0.39, 0.29) is 17.4 Å². The first-order chi connectivity index (χ1) is 14.5. The fourth-order valence-corrected chi connectivity index (χ4v) is 6.82. The average molecular weight is 431 g/mol. The van der Waals surface area contributed by atoms with Gasteiger partial charge in [-0.3, -0.25) is 0 Å². The molecule has 3 heteroatoms. The van der Waals surface area contributed by atoms with Crippen molar-refractivity contribution in [1.82, 2.24) is 0 Å². The van der Waals surface area contributed by atoms with E-state index in [0.29, 0.717) is 36.5 Å². The summed E-state index contributed by atoms with van der Waals surface area (Å²) in [4.78, 5) is 0. The van der Waals surface area contributed by atoms with E-state index >= 15 is 0 Å². The highest BCUT2D eigenvalue weighted by Gasteiger charge is 2.59. The van der Waals surface area contributed by atoms with E-state index in [1.807, 2.05) is 6.08 Å². The molecule has 0 radical (unpaired) electrons. The molecular weight excluding hydrogens is 384 g/mol. The molecule has 3 nitrogen and oxygen atoms in total. The van der Waals surface area contributed by atoms with Gasteiger partial charge in [-0.25, -0.2) is 0 Å². The minimum Gasteiger partial charge on any atom is -0.393 e. The van der Waals surface area contributed by atoms with Crippen molar-refractivity contribution in [2.45, 2.75) is 104 Å². The van der Waals surface area contributed by atoms with Gasteiger partial charge in [-0.2, -0.15) is 0 Å². The van der Waals surface area contributed by atoms with Crippen LogP contribution < -0.4 is 0 Å². The first kappa shape index (κ1) is 24.7. The normalized spacial score (nSPS) is 41.0. The Kier molecular flexibility index (Phi) is 7.61. The molecule has 3 rings (SSSR count). The van der Waals surface area contributed by atoms with Gasteiger partial charge >= 0.3 is 0 Å². The van der Waals surface area contributed by atoms with E-state index in [1.165, 1.54) is 0 Å². The molecule has 0 aromatic rings. The van der Waals surface area contributed by atoms with Crippen LogP contribution in [0.3, 0.4) is 0 Å². The molecule has 31 heavy (non-hydrogen) atoms. The van der Waals surface area contributed by atoms with Crippen LogP contribution in [0.25, 0.3) is 0 Å². The van der Waals surface area contributed by atoms with E-state index in [2.05, 4.69) is 53.3 Å². The first-order valence-electron chi connectivity index (χ1n) is 12.6. The monoisotopic (exact) mass is 430 g/mol. The summed E-state index contributed by atoms with van der Waals surface area (Å²) in [5.74, 6) is 2.33. The van der Waals surface area contributed by atoms with Gasteiger partial charge in [-0.15, -0.1) is 0 Å². The number of hydrogen-bond acceptors (Lipinski definition) is 3. The Bertz CT molecular complexity index is 707. The molecule has 3 aliphatic carbocycles. The number of fused-ring (bicyclic) bond motifs is 1. The van der Waals surface area contributed by atoms with Crippen LogP contribution in [0.1, 0.15) is 86.0 Å². The lowest BCUT2D eigenvalue weighted by molar-refractivity contribution is -0.155. The van der Waals surface area contributed by atoms with Gasteiger partial charge < -0.3 is 15.3 Å². The molecule has 0 bridgehead atoms. The highest BCUT2D eigenvalue weighted by Crippen LogP contribution is 2.61. The van der Waals surface area contributed by atoms with Gasteiger partial charge in [-0.1, -0.05) is 58.9 Å². The maximum atomic E-state index is 11.8. The standard InChI is InChI=1S/C28H46O3/c1-18(2)19(3)8-9-21(5)24-12-13-25-27(24,6)14-7-15-28(25,31)26(30)17-22-16-23(29)11-10-20(22)4/h8-9,17-19,21,23-26,29-31H,4,7,10-16H2,1-3,5-6H3/b9-8+,22-17-/t19?,21-,23-,24-,25?,26?,27-,28?/m1/s1. The quantitative estimate of drug-likeness (QED) is 0.466. The van der Waals surface area contributed by atoms with Gasteiger partial charge in [-0.05, 0) is 98.0 Å². The minimum absolute atomic E-state index is 0.0421. The summed E-state index contributed by atoms with van der Waals surface area (Å²) >= 11 is 0. The number of rotatable bonds is 6. The maximum Gasteiger partial charge on any atom is 0.102 e. The smallest absolute Gasteiger partial charge is 0.102 e. The highest BCUT2D eigenvalue weighted by molar-refractivity contribution is 5.33. The lowest BCUT2D eigenvalue weighted by Gasteiger charge is -2.52. The van der Waals surface area contributed by atoms with Crippen LogP contribution in [0.5, 0.6) is 0 Å². The molecule has 3 N–H and O–H groups in total. The van der Waals surface area contributed by atoms with Crippen molar-refractivity contribution in [3.8, 4) is 0 Å². The van der Waals surface area contributed by atoms with E-state index < -0.39 is 11.7 Å². The molecule has 3 saturated carbocycles. The SMILES string of the molecule is C=C1CC[C@@H](O)C/C1=C/C(O)C1(O)CCC[C@@]2(C)C1CC[C@@H]2[C@H](C)/C=C/C(C)C(C)C. The Labute approximate surface area is 190 Å². The van der Waals surface area contributed by atoms with Gasteiger partial charge in [0.1, 0.15) is 6.10 Å². The molecule has 0 aromatic carbocycles. The van der Waals surface area contributed by atoms with Crippen molar-refractivity contribution < 1.29 is 15.3 Å². The predicted octanol–water partition coefficient (Wildman–Crippen LogP) is 5.81. The number of hydrogen-bond donors (Lipinski definition) is 3. The van der Waals surface area contributed by atoms with Crippen molar-refractivity contribution in [3.05, 3.63) is 36.0 Å². The summed E-state index contributed by atoms with van der Waals surface area (Å²) in [6, 6.07) is 0. The van der Waals surface area contributed by atoms with Crippen LogP contribution in [0, 0.1) is 35.0 Å². The Balaban J connectivity index is 1.80.